The average Bonchev–Trinajstić information content (AvgIpc) is 2.57. The van der Waals surface area contributed by atoms with E-state index in [0.29, 0.717) is 0 Å². The number of nitrogens with one attached hydrogen (secondary N) is 1. The van der Waals surface area contributed by atoms with Crippen LogP contribution in [-0.4, -0.2) is 17.8 Å². The van der Waals surface area contributed by atoms with Crippen LogP contribution in [0.1, 0.15) is 47.0 Å². The van der Waals surface area contributed by atoms with Gasteiger partial charge >= 0.3 is 0 Å². The fourth-order valence-electron chi connectivity index (χ4n) is 2.56. The van der Waals surface area contributed by atoms with Gasteiger partial charge in [-0.15, -0.1) is 0 Å². The number of hydrogen-bond donors (Lipinski definition) is 1. The molecular formula is C13H24BrNO. The number of carbonyl (C=O) groups is 1. The van der Waals surface area contributed by atoms with Crippen molar-refractivity contribution in [2.45, 2.75) is 47.0 Å². The molecule has 0 aromatic rings. The Labute approximate surface area is 108 Å². The van der Waals surface area contributed by atoms with Crippen LogP contribution in [0.3, 0.4) is 0 Å². The number of halogens is 1. The molecule has 1 amide bonds. The quantitative estimate of drug-likeness (QED) is 0.590. The van der Waals surface area contributed by atoms with Crippen LogP contribution in [0.15, 0.2) is 0 Å². The zero-order chi connectivity index (χ0) is 12.4. The maximum Gasteiger partial charge on any atom is 0.224 e. The summed E-state index contributed by atoms with van der Waals surface area (Å²) in [5.41, 5.74) is 0.319. The van der Waals surface area contributed by atoms with Gasteiger partial charge in [0.25, 0.3) is 0 Å². The van der Waals surface area contributed by atoms with E-state index in [2.05, 4.69) is 48.9 Å². The van der Waals surface area contributed by atoms with Crippen molar-refractivity contribution in [3.8, 4) is 0 Å². The van der Waals surface area contributed by atoms with E-state index in [1.807, 2.05) is 0 Å². The minimum absolute atomic E-state index is 0.160. The second-order valence-electron chi connectivity index (χ2n) is 5.92. The summed E-state index contributed by atoms with van der Waals surface area (Å²) in [5, 5.41) is 4.12. The molecule has 0 atom stereocenters. The maximum atomic E-state index is 11.9. The third-order valence-electron chi connectivity index (χ3n) is 4.39. The molecule has 0 aromatic carbocycles. The van der Waals surface area contributed by atoms with E-state index in [1.54, 1.807) is 0 Å². The Morgan fingerprint density at radius 3 is 2.12 bits per heavy atom. The Bertz CT molecular complexity index is 247. The molecule has 0 unspecified atom stereocenters. The van der Waals surface area contributed by atoms with Gasteiger partial charge < -0.3 is 5.32 Å². The molecule has 1 rings (SSSR count). The van der Waals surface area contributed by atoms with Gasteiger partial charge in [0, 0.05) is 17.8 Å². The van der Waals surface area contributed by atoms with Crippen LogP contribution in [0.5, 0.6) is 0 Å². The van der Waals surface area contributed by atoms with Crippen molar-refractivity contribution in [1.82, 2.24) is 5.32 Å². The Kier molecular flexibility index (Phi) is 4.44. The second-order valence-corrected chi connectivity index (χ2v) is 6.71. The first-order valence-electron chi connectivity index (χ1n) is 6.19. The van der Waals surface area contributed by atoms with Gasteiger partial charge in [0.2, 0.25) is 5.91 Å². The Balaban J connectivity index is 2.23. The molecule has 94 valence electrons. The number of alkyl halides is 1. The molecule has 0 saturated heterocycles. The van der Waals surface area contributed by atoms with Crippen molar-refractivity contribution in [3.63, 3.8) is 0 Å². The Morgan fingerprint density at radius 1 is 1.12 bits per heavy atom. The van der Waals surface area contributed by atoms with Crippen LogP contribution in [-0.2, 0) is 4.79 Å². The predicted octanol–water partition coefficient (Wildman–Crippen LogP) is 3.35. The molecule has 2 nitrogen and oxygen atoms in total. The molecule has 1 aliphatic carbocycles. The first-order chi connectivity index (χ1) is 7.35. The first kappa shape index (κ1) is 14.0. The monoisotopic (exact) mass is 289 g/mol. The highest BCUT2D eigenvalue weighted by molar-refractivity contribution is 9.09. The summed E-state index contributed by atoms with van der Waals surface area (Å²) < 4.78 is 0. The van der Waals surface area contributed by atoms with Crippen LogP contribution in [0.2, 0.25) is 0 Å². The first-order valence-corrected chi connectivity index (χ1v) is 7.31. The Hall–Kier alpha value is -0.0500. The average molecular weight is 290 g/mol. The molecule has 1 N–H and O–H groups in total. The zero-order valence-corrected chi connectivity index (χ0v) is 12.5. The lowest BCUT2D eigenvalue weighted by Gasteiger charge is -2.05. The van der Waals surface area contributed by atoms with E-state index in [1.165, 1.54) is 12.8 Å². The van der Waals surface area contributed by atoms with Gasteiger partial charge in [-0.05, 0) is 23.7 Å². The van der Waals surface area contributed by atoms with Crippen molar-refractivity contribution in [1.29, 1.82) is 0 Å². The third-order valence-corrected chi connectivity index (χ3v) is 4.95. The van der Waals surface area contributed by atoms with Crippen molar-refractivity contribution >= 4 is 21.8 Å². The fraction of sp³-hybridized carbons (Fsp3) is 0.923. The smallest absolute Gasteiger partial charge is 0.224 e. The lowest BCUT2D eigenvalue weighted by atomic mass is 10.0. The summed E-state index contributed by atoms with van der Waals surface area (Å²) in [4.78, 5) is 11.9. The lowest BCUT2D eigenvalue weighted by Crippen LogP contribution is -2.28. The van der Waals surface area contributed by atoms with Crippen molar-refractivity contribution < 1.29 is 4.79 Å². The molecule has 0 aromatic heterocycles. The number of rotatable bonds is 6. The molecule has 1 fully saturated rings. The minimum Gasteiger partial charge on any atom is -0.356 e. The van der Waals surface area contributed by atoms with E-state index < -0.39 is 0 Å². The summed E-state index contributed by atoms with van der Waals surface area (Å²) in [6.45, 7) is 9.56. The second kappa shape index (κ2) is 5.07. The molecule has 0 heterocycles. The fourth-order valence-corrected chi connectivity index (χ4v) is 2.96. The number of carbonyl (C=O) groups excluding carboxylic acids is 1. The summed E-state index contributed by atoms with van der Waals surface area (Å²) in [7, 11) is 0. The standard InChI is InChI=1S/C13H24BrNO/c1-12(2)10(13(12,3)4)11(16)15-9-7-5-6-8-14/h10H,5-9H2,1-4H3,(H,15,16). The van der Waals surface area contributed by atoms with Crippen molar-refractivity contribution in [3.05, 3.63) is 0 Å². The van der Waals surface area contributed by atoms with Crippen LogP contribution in [0, 0.1) is 16.7 Å². The van der Waals surface area contributed by atoms with E-state index in [-0.39, 0.29) is 22.7 Å². The molecule has 0 radical (unpaired) electrons. The summed E-state index contributed by atoms with van der Waals surface area (Å²) >= 11 is 3.41. The molecule has 0 aliphatic heterocycles. The molecule has 1 aliphatic rings. The van der Waals surface area contributed by atoms with Crippen molar-refractivity contribution in [2.75, 3.05) is 11.9 Å². The third kappa shape index (κ3) is 2.61. The van der Waals surface area contributed by atoms with Crippen LogP contribution in [0.25, 0.3) is 0 Å². The van der Waals surface area contributed by atoms with Gasteiger partial charge in [-0.2, -0.15) is 0 Å². The van der Waals surface area contributed by atoms with Crippen molar-refractivity contribution in [2.24, 2.45) is 16.7 Å². The predicted molar refractivity (Wildman–Crippen MR) is 71.7 cm³/mol. The van der Waals surface area contributed by atoms with Gasteiger partial charge in [-0.1, -0.05) is 50.0 Å². The van der Waals surface area contributed by atoms with E-state index in [9.17, 15) is 4.79 Å². The van der Waals surface area contributed by atoms with Gasteiger partial charge in [0.15, 0.2) is 0 Å². The molecule has 1 saturated carbocycles. The minimum atomic E-state index is 0.160. The largest absolute Gasteiger partial charge is 0.356 e. The van der Waals surface area contributed by atoms with Crippen LogP contribution >= 0.6 is 15.9 Å². The molecular weight excluding hydrogens is 266 g/mol. The molecule has 3 heteroatoms. The summed E-state index contributed by atoms with van der Waals surface area (Å²) in [6, 6.07) is 0. The Morgan fingerprint density at radius 2 is 1.69 bits per heavy atom. The summed E-state index contributed by atoms with van der Waals surface area (Å²) in [5.74, 6) is 0.435. The number of hydrogen-bond acceptors (Lipinski definition) is 1. The number of unbranched alkanes of at least 4 members (excludes halogenated alkanes) is 2. The van der Waals surface area contributed by atoms with E-state index >= 15 is 0 Å². The lowest BCUT2D eigenvalue weighted by molar-refractivity contribution is -0.123. The van der Waals surface area contributed by atoms with Crippen LogP contribution < -0.4 is 5.32 Å². The molecule has 0 spiro atoms. The van der Waals surface area contributed by atoms with Gasteiger partial charge in [-0.3, -0.25) is 4.79 Å². The van der Waals surface area contributed by atoms with Gasteiger partial charge in [-0.25, -0.2) is 0 Å². The highest BCUT2D eigenvalue weighted by Crippen LogP contribution is 2.68. The molecule has 16 heavy (non-hydrogen) atoms. The van der Waals surface area contributed by atoms with Gasteiger partial charge in [0.05, 0.1) is 0 Å². The van der Waals surface area contributed by atoms with E-state index in [4.69, 9.17) is 0 Å². The topological polar surface area (TPSA) is 29.1 Å². The SMILES string of the molecule is CC1(C)C(C(=O)NCCCCCBr)C1(C)C. The highest BCUT2D eigenvalue weighted by Gasteiger charge is 2.68. The zero-order valence-electron chi connectivity index (χ0n) is 10.9. The maximum absolute atomic E-state index is 11.9. The highest BCUT2D eigenvalue weighted by atomic mass is 79.9. The van der Waals surface area contributed by atoms with E-state index in [0.717, 1.165) is 18.3 Å². The van der Waals surface area contributed by atoms with Crippen LogP contribution in [0.4, 0.5) is 0 Å². The summed E-state index contributed by atoms with van der Waals surface area (Å²) in [6.07, 6.45) is 3.46. The molecule has 0 bridgehead atoms. The number of amides is 1. The normalized spacial score (nSPS) is 21.8. The van der Waals surface area contributed by atoms with Gasteiger partial charge in [0.1, 0.15) is 0 Å².